The summed E-state index contributed by atoms with van der Waals surface area (Å²) < 4.78 is 0. The summed E-state index contributed by atoms with van der Waals surface area (Å²) in [5.74, 6) is -0.659. The van der Waals surface area contributed by atoms with E-state index in [1.54, 1.807) is 0 Å². The second-order valence-corrected chi connectivity index (χ2v) is 5.17. The molecule has 0 bridgehead atoms. The fraction of sp³-hybridized carbons (Fsp3) is 0.467. The lowest BCUT2D eigenvalue weighted by atomic mass is 9.97. The summed E-state index contributed by atoms with van der Waals surface area (Å²) in [6.45, 7) is 2.02. The van der Waals surface area contributed by atoms with Crippen LogP contribution in [0.5, 0.6) is 0 Å². The Bertz CT molecular complexity index is 502. The van der Waals surface area contributed by atoms with Crippen molar-refractivity contribution in [3.05, 3.63) is 29.8 Å². The summed E-state index contributed by atoms with van der Waals surface area (Å²) in [5, 5.41) is 14.4. The van der Waals surface area contributed by atoms with Crippen molar-refractivity contribution in [2.75, 3.05) is 11.9 Å². The molecule has 0 aromatic heterocycles. The molecular weight excluding hydrogens is 256 g/mol. The number of rotatable bonds is 6. The van der Waals surface area contributed by atoms with Gasteiger partial charge >= 0.3 is 0 Å². The first kappa shape index (κ1) is 14.5. The summed E-state index contributed by atoms with van der Waals surface area (Å²) in [5.41, 5.74) is 1.68. The minimum atomic E-state index is -0.406. The van der Waals surface area contributed by atoms with E-state index in [4.69, 9.17) is 5.11 Å². The van der Waals surface area contributed by atoms with E-state index in [1.165, 1.54) is 0 Å². The maximum absolute atomic E-state index is 12.0. The van der Waals surface area contributed by atoms with Gasteiger partial charge in [-0.3, -0.25) is 9.59 Å². The predicted molar refractivity (Wildman–Crippen MR) is 76.4 cm³/mol. The SMILES string of the molecule is CC(CCCO)NC(=O)CC1C(=O)Nc2ccccc21. The highest BCUT2D eigenvalue weighted by Crippen LogP contribution is 2.34. The molecule has 0 radical (unpaired) electrons. The highest BCUT2D eigenvalue weighted by atomic mass is 16.3. The van der Waals surface area contributed by atoms with Crippen molar-refractivity contribution in [2.24, 2.45) is 0 Å². The van der Waals surface area contributed by atoms with Crippen molar-refractivity contribution in [3.63, 3.8) is 0 Å². The monoisotopic (exact) mass is 276 g/mol. The molecule has 2 rings (SSSR count). The molecule has 3 N–H and O–H groups in total. The number of aliphatic hydroxyl groups excluding tert-OH is 1. The van der Waals surface area contributed by atoms with Crippen molar-refractivity contribution in [2.45, 2.75) is 38.1 Å². The standard InChI is InChI=1S/C15H20N2O3/c1-10(5-4-8-18)16-14(19)9-12-11-6-2-3-7-13(11)17-15(12)20/h2-3,6-7,10,12,18H,4-5,8-9H2,1H3,(H,16,19)(H,17,20). The predicted octanol–water partition coefficient (Wildman–Crippen LogP) is 1.39. The van der Waals surface area contributed by atoms with Crippen LogP contribution in [0.15, 0.2) is 24.3 Å². The molecule has 20 heavy (non-hydrogen) atoms. The maximum atomic E-state index is 12.0. The van der Waals surface area contributed by atoms with Crippen molar-refractivity contribution in [1.82, 2.24) is 5.32 Å². The summed E-state index contributed by atoms with van der Waals surface area (Å²) in [6.07, 6.45) is 1.55. The third-order valence-corrected chi connectivity index (χ3v) is 3.50. The van der Waals surface area contributed by atoms with Crippen LogP contribution in [0.25, 0.3) is 0 Å². The topological polar surface area (TPSA) is 78.4 Å². The molecule has 2 amide bonds. The van der Waals surface area contributed by atoms with Crippen LogP contribution in [0, 0.1) is 0 Å². The molecule has 5 heteroatoms. The molecular formula is C15H20N2O3. The number of para-hydroxylation sites is 1. The summed E-state index contributed by atoms with van der Waals surface area (Å²) >= 11 is 0. The van der Waals surface area contributed by atoms with Crippen LogP contribution in [-0.4, -0.2) is 29.6 Å². The van der Waals surface area contributed by atoms with Crippen LogP contribution < -0.4 is 10.6 Å². The molecule has 1 aromatic rings. The molecule has 0 saturated heterocycles. The quantitative estimate of drug-likeness (QED) is 0.734. The number of amides is 2. The zero-order chi connectivity index (χ0) is 14.5. The smallest absolute Gasteiger partial charge is 0.232 e. The Morgan fingerprint density at radius 2 is 2.20 bits per heavy atom. The highest BCUT2D eigenvalue weighted by molar-refractivity contribution is 6.04. The number of nitrogens with one attached hydrogen (secondary N) is 2. The Kier molecular flexibility index (Phi) is 4.74. The van der Waals surface area contributed by atoms with E-state index in [9.17, 15) is 9.59 Å². The lowest BCUT2D eigenvalue weighted by Crippen LogP contribution is -2.34. The number of benzene rings is 1. The van der Waals surface area contributed by atoms with Gasteiger partial charge in [0.1, 0.15) is 0 Å². The Balaban J connectivity index is 1.93. The fourth-order valence-electron chi connectivity index (χ4n) is 2.47. The average molecular weight is 276 g/mol. The van der Waals surface area contributed by atoms with Crippen LogP contribution in [0.3, 0.4) is 0 Å². The molecule has 1 aliphatic rings. The van der Waals surface area contributed by atoms with Crippen molar-refractivity contribution in [1.29, 1.82) is 0 Å². The first-order valence-electron chi connectivity index (χ1n) is 6.92. The molecule has 1 heterocycles. The molecule has 0 aliphatic carbocycles. The Morgan fingerprint density at radius 3 is 2.95 bits per heavy atom. The van der Waals surface area contributed by atoms with E-state index >= 15 is 0 Å². The van der Waals surface area contributed by atoms with E-state index < -0.39 is 5.92 Å². The molecule has 0 fully saturated rings. The van der Waals surface area contributed by atoms with Gasteiger partial charge in [-0.25, -0.2) is 0 Å². The van der Waals surface area contributed by atoms with Crippen LogP contribution in [0.2, 0.25) is 0 Å². The number of fused-ring (bicyclic) bond motifs is 1. The second-order valence-electron chi connectivity index (χ2n) is 5.17. The minimum absolute atomic E-state index is 0.00866. The van der Waals surface area contributed by atoms with Gasteiger partial charge in [-0.15, -0.1) is 0 Å². The number of carbonyl (C=O) groups excluding carboxylic acids is 2. The maximum Gasteiger partial charge on any atom is 0.232 e. The third kappa shape index (κ3) is 3.36. The molecule has 5 nitrogen and oxygen atoms in total. The van der Waals surface area contributed by atoms with E-state index in [-0.39, 0.29) is 30.9 Å². The van der Waals surface area contributed by atoms with Gasteiger partial charge in [0, 0.05) is 24.8 Å². The molecule has 1 aliphatic heterocycles. The number of carbonyl (C=O) groups is 2. The lowest BCUT2D eigenvalue weighted by Gasteiger charge is -2.15. The van der Waals surface area contributed by atoms with Gasteiger partial charge in [0.25, 0.3) is 0 Å². The largest absolute Gasteiger partial charge is 0.396 e. The molecule has 2 atom stereocenters. The summed E-state index contributed by atoms with van der Waals surface area (Å²) in [7, 11) is 0. The van der Waals surface area contributed by atoms with Crippen molar-refractivity contribution in [3.8, 4) is 0 Å². The van der Waals surface area contributed by atoms with Crippen molar-refractivity contribution < 1.29 is 14.7 Å². The van der Waals surface area contributed by atoms with Crippen LogP contribution in [0.1, 0.15) is 37.7 Å². The number of hydrogen-bond donors (Lipinski definition) is 3. The molecule has 108 valence electrons. The average Bonchev–Trinajstić information content (AvgIpc) is 2.73. The highest BCUT2D eigenvalue weighted by Gasteiger charge is 2.31. The van der Waals surface area contributed by atoms with Gasteiger partial charge in [0.2, 0.25) is 11.8 Å². The van der Waals surface area contributed by atoms with Crippen molar-refractivity contribution >= 4 is 17.5 Å². The van der Waals surface area contributed by atoms with Gasteiger partial charge in [-0.05, 0) is 31.4 Å². The van der Waals surface area contributed by atoms with Gasteiger partial charge in [-0.2, -0.15) is 0 Å². The van der Waals surface area contributed by atoms with Gasteiger partial charge in [0.05, 0.1) is 5.92 Å². The minimum Gasteiger partial charge on any atom is -0.396 e. The molecule has 0 spiro atoms. The summed E-state index contributed by atoms with van der Waals surface area (Å²) in [4.78, 5) is 23.9. The molecule has 1 aromatic carbocycles. The summed E-state index contributed by atoms with van der Waals surface area (Å²) in [6, 6.07) is 7.45. The molecule has 0 saturated carbocycles. The zero-order valence-corrected chi connectivity index (χ0v) is 11.6. The zero-order valence-electron chi connectivity index (χ0n) is 11.6. The number of hydrogen-bond acceptors (Lipinski definition) is 3. The van der Waals surface area contributed by atoms with E-state index in [1.807, 2.05) is 31.2 Å². The first-order chi connectivity index (χ1) is 9.61. The van der Waals surface area contributed by atoms with Gasteiger partial charge < -0.3 is 15.7 Å². The Labute approximate surface area is 118 Å². The van der Waals surface area contributed by atoms with E-state index in [0.29, 0.717) is 6.42 Å². The normalized spacial score (nSPS) is 18.3. The fourth-order valence-corrected chi connectivity index (χ4v) is 2.47. The van der Waals surface area contributed by atoms with Gasteiger partial charge in [-0.1, -0.05) is 18.2 Å². The number of anilines is 1. The Hall–Kier alpha value is -1.88. The van der Waals surface area contributed by atoms with Crippen LogP contribution in [-0.2, 0) is 9.59 Å². The second kappa shape index (κ2) is 6.52. The van der Waals surface area contributed by atoms with Gasteiger partial charge in [0.15, 0.2) is 0 Å². The molecule has 2 unspecified atom stereocenters. The van der Waals surface area contributed by atoms with Crippen LogP contribution in [0.4, 0.5) is 5.69 Å². The Morgan fingerprint density at radius 1 is 1.45 bits per heavy atom. The van der Waals surface area contributed by atoms with E-state index in [2.05, 4.69) is 10.6 Å². The first-order valence-corrected chi connectivity index (χ1v) is 6.92. The lowest BCUT2D eigenvalue weighted by molar-refractivity contribution is -0.125. The third-order valence-electron chi connectivity index (χ3n) is 3.50. The van der Waals surface area contributed by atoms with Crippen LogP contribution >= 0.6 is 0 Å². The van der Waals surface area contributed by atoms with E-state index in [0.717, 1.165) is 17.7 Å². The number of aliphatic hydroxyl groups is 1.